The second-order valence-electron chi connectivity index (χ2n) is 4.89. The molecule has 1 aliphatic heterocycles. The van der Waals surface area contributed by atoms with Crippen LogP contribution in [0.4, 0.5) is 8.78 Å². The predicted octanol–water partition coefficient (Wildman–Crippen LogP) is 3.79. The molecule has 2 rings (SSSR count). The standard InChI is InChI=1S/C14H18F2INO/c15-14(16)7-1-8-18(11-14)9-2-10-19-13-5-3-12(17)4-6-13/h3-6H,1-2,7-11H2. The zero-order valence-electron chi connectivity index (χ0n) is 10.7. The second kappa shape index (κ2) is 6.83. The van der Waals surface area contributed by atoms with E-state index in [9.17, 15) is 8.78 Å². The van der Waals surface area contributed by atoms with E-state index in [0.717, 1.165) is 18.7 Å². The first-order chi connectivity index (χ1) is 9.05. The molecule has 19 heavy (non-hydrogen) atoms. The fourth-order valence-electron chi connectivity index (χ4n) is 2.25. The fourth-order valence-corrected chi connectivity index (χ4v) is 2.61. The lowest BCUT2D eigenvalue weighted by Crippen LogP contribution is -2.43. The van der Waals surface area contributed by atoms with Crippen molar-refractivity contribution in [2.45, 2.75) is 25.2 Å². The van der Waals surface area contributed by atoms with Crippen molar-refractivity contribution in [3.8, 4) is 5.75 Å². The lowest BCUT2D eigenvalue weighted by Gasteiger charge is -2.32. The molecular weight excluding hydrogens is 363 g/mol. The monoisotopic (exact) mass is 381 g/mol. The lowest BCUT2D eigenvalue weighted by atomic mass is 10.1. The highest BCUT2D eigenvalue weighted by Crippen LogP contribution is 2.26. The quantitative estimate of drug-likeness (QED) is 0.569. The molecule has 1 saturated heterocycles. The summed E-state index contributed by atoms with van der Waals surface area (Å²) in [6, 6.07) is 7.83. The molecule has 0 radical (unpaired) electrons. The summed E-state index contributed by atoms with van der Waals surface area (Å²) in [5.41, 5.74) is 0. The van der Waals surface area contributed by atoms with E-state index in [4.69, 9.17) is 4.74 Å². The molecule has 1 fully saturated rings. The SMILES string of the molecule is FC1(F)CCCN(CCCOc2ccc(I)cc2)C1. The maximum absolute atomic E-state index is 13.2. The Kier molecular flexibility index (Phi) is 5.38. The minimum Gasteiger partial charge on any atom is -0.494 e. The summed E-state index contributed by atoms with van der Waals surface area (Å²) in [6.07, 6.45) is 1.40. The normalized spacial score (nSPS) is 19.3. The van der Waals surface area contributed by atoms with E-state index in [1.165, 1.54) is 3.57 Å². The van der Waals surface area contributed by atoms with Crippen molar-refractivity contribution in [1.82, 2.24) is 4.90 Å². The molecule has 5 heteroatoms. The smallest absolute Gasteiger partial charge is 0.260 e. The van der Waals surface area contributed by atoms with Crippen LogP contribution in [0.15, 0.2) is 24.3 Å². The van der Waals surface area contributed by atoms with E-state index < -0.39 is 5.92 Å². The molecule has 0 N–H and O–H groups in total. The van der Waals surface area contributed by atoms with Gasteiger partial charge in [0, 0.05) is 16.5 Å². The van der Waals surface area contributed by atoms with Gasteiger partial charge in [-0.15, -0.1) is 0 Å². The highest BCUT2D eigenvalue weighted by molar-refractivity contribution is 14.1. The molecule has 0 bridgehead atoms. The van der Waals surface area contributed by atoms with Crippen molar-refractivity contribution >= 4 is 22.6 Å². The maximum atomic E-state index is 13.2. The average molecular weight is 381 g/mol. The average Bonchev–Trinajstić information content (AvgIpc) is 2.36. The molecule has 1 aromatic carbocycles. The topological polar surface area (TPSA) is 12.5 Å². The number of benzene rings is 1. The van der Waals surface area contributed by atoms with Crippen LogP contribution in [0.3, 0.4) is 0 Å². The first kappa shape index (κ1) is 15.0. The first-order valence-corrected chi connectivity index (χ1v) is 7.62. The van der Waals surface area contributed by atoms with Crippen LogP contribution in [0, 0.1) is 3.57 Å². The van der Waals surface area contributed by atoms with Gasteiger partial charge >= 0.3 is 0 Å². The van der Waals surface area contributed by atoms with Crippen LogP contribution in [0.25, 0.3) is 0 Å². The van der Waals surface area contributed by atoms with Gasteiger partial charge in [-0.2, -0.15) is 0 Å². The van der Waals surface area contributed by atoms with Crippen LogP contribution in [0.1, 0.15) is 19.3 Å². The fraction of sp³-hybridized carbons (Fsp3) is 0.571. The molecule has 1 aromatic rings. The van der Waals surface area contributed by atoms with Crippen LogP contribution in [0.5, 0.6) is 5.75 Å². The van der Waals surface area contributed by atoms with Gasteiger partial charge in [0.1, 0.15) is 5.75 Å². The van der Waals surface area contributed by atoms with E-state index in [-0.39, 0.29) is 13.0 Å². The molecule has 1 heterocycles. The summed E-state index contributed by atoms with van der Waals surface area (Å²) >= 11 is 2.24. The van der Waals surface area contributed by atoms with Crippen molar-refractivity contribution in [1.29, 1.82) is 0 Å². The number of rotatable bonds is 5. The molecule has 0 amide bonds. The van der Waals surface area contributed by atoms with E-state index in [1.807, 2.05) is 29.2 Å². The van der Waals surface area contributed by atoms with Gasteiger partial charge in [-0.3, -0.25) is 4.90 Å². The first-order valence-electron chi connectivity index (χ1n) is 6.54. The Morgan fingerprint density at radius 2 is 2.00 bits per heavy atom. The number of hydrogen-bond donors (Lipinski definition) is 0. The van der Waals surface area contributed by atoms with Crippen molar-refractivity contribution in [2.75, 3.05) is 26.2 Å². The summed E-state index contributed by atoms with van der Waals surface area (Å²) in [7, 11) is 0. The number of halogens is 3. The third-order valence-corrected chi connectivity index (χ3v) is 3.89. The van der Waals surface area contributed by atoms with Crippen molar-refractivity contribution < 1.29 is 13.5 Å². The van der Waals surface area contributed by atoms with Crippen LogP contribution in [0.2, 0.25) is 0 Å². The molecular formula is C14H18F2INO. The molecule has 0 unspecified atom stereocenters. The third-order valence-electron chi connectivity index (χ3n) is 3.17. The Bertz CT molecular complexity index is 397. The molecule has 0 spiro atoms. The third kappa shape index (κ3) is 5.22. The molecule has 0 saturated carbocycles. The number of ether oxygens (including phenoxy) is 1. The second-order valence-corrected chi connectivity index (χ2v) is 6.14. The molecule has 0 aromatic heterocycles. The molecule has 1 aliphatic rings. The van der Waals surface area contributed by atoms with Crippen molar-refractivity contribution in [3.63, 3.8) is 0 Å². The Hall–Kier alpha value is -0.430. The molecule has 0 atom stereocenters. The van der Waals surface area contributed by atoms with E-state index in [1.54, 1.807) is 0 Å². The van der Waals surface area contributed by atoms with Crippen molar-refractivity contribution in [3.05, 3.63) is 27.8 Å². The highest BCUT2D eigenvalue weighted by Gasteiger charge is 2.34. The van der Waals surface area contributed by atoms with Gasteiger partial charge in [-0.25, -0.2) is 8.78 Å². The van der Waals surface area contributed by atoms with Gasteiger partial charge in [0.05, 0.1) is 13.2 Å². The molecule has 2 nitrogen and oxygen atoms in total. The largest absolute Gasteiger partial charge is 0.494 e. The van der Waals surface area contributed by atoms with Crippen LogP contribution < -0.4 is 4.74 Å². The Morgan fingerprint density at radius 1 is 1.26 bits per heavy atom. The highest BCUT2D eigenvalue weighted by atomic mass is 127. The number of piperidine rings is 1. The minimum atomic E-state index is -2.50. The predicted molar refractivity (Wildman–Crippen MR) is 79.9 cm³/mol. The van der Waals surface area contributed by atoms with E-state index in [0.29, 0.717) is 19.6 Å². The summed E-state index contributed by atoms with van der Waals surface area (Å²) in [5, 5.41) is 0. The van der Waals surface area contributed by atoms with Gasteiger partial charge in [0.25, 0.3) is 5.92 Å². The number of nitrogens with zero attached hydrogens (tertiary/aromatic N) is 1. The van der Waals surface area contributed by atoms with Crippen molar-refractivity contribution in [2.24, 2.45) is 0 Å². The molecule has 0 aliphatic carbocycles. The summed E-state index contributed by atoms with van der Waals surface area (Å²) in [6.45, 7) is 1.93. The Labute approximate surface area is 126 Å². The van der Waals surface area contributed by atoms with Gasteiger partial charge in [0.15, 0.2) is 0 Å². The number of alkyl halides is 2. The Balaban J connectivity index is 1.65. The van der Waals surface area contributed by atoms with Crippen LogP contribution in [-0.4, -0.2) is 37.1 Å². The zero-order valence-corrected chi connectivity index (χ0v) is 12.9. The van der Waals surface area contributed by atoms with Crippen LogP contribution in [-0.2, 0) is 0 Å². The van der Waals surface area contributed by atoms with Crippen LogP contribution >= 0.6 is 22.6 Å². The molecule has 106 valence electrons. The van der Waals surface area contributed by atoms with E-state index >= 15 is 0 Å². The van der Waals surface area contributed by atoms with Gasteiger partial charge in [0.2, 0.25) is 0 Å². The number of hydrogen-bond acceptors (Lipinski definition) is 2. The zero-order chi connectivity index (χ0) is 13.7. The minimum absolute atomic E-state index is 0.0304. The summed E-state index contributed by atoms with van der Waals surface area (Å²) in [4.78, 5) is 1.83. The summed E-state index contributed by atoms with van der Waals surface area (Å²) < 4.78 is 33.1. The van der Waals surface area contributed by atoms with Gasteiger partial charge in [-0.05, 0) is 66.2 Å². The van der Waals surface area contributed by atoms with E-state index in [2.05, 4.69) is 22.6 Å². The maximum Gasteiger partial charge on any atom is 0.260 e. The summed E-state index contributed by atoms with van der Waals surface area (Å²) in [5.74, 6) is -1.67. The van der Waals surface area contributed by atoms with Gasteiger partial charge < -0.3 is 4.74 Å². The lowest BCUT2D eigenvalue weighted by molar-refractivity contribution is -0.0644. The number of likely N-dealkylation sites (tertiary alicyclic amines) is 1. The van der Waals surface area contributed by atoms with Gasteiger partial charge in [-0.1, -0.05) is 0 Å². The Morgan fingerprint density at radius 3 is 2.68 bits per heavy atom.